The van der Waals surface area contributed by atoms with Gasteiger partial charge in [0, 0.05) is 26.2 Å². The largest absolute Gasteiger partial charge is 0.496 e. The van der Waals surface area contributed by atoms with E-state index in [2.05, 4.69) is 10.2 Å². The Kier molecular flexibility index (Phi) is 6.26. The van der Waals surface area contributed by atoms with Crippen LogP contribution in [0.3, 0.4) is 0 Å². The lowest BCUT2D eigenvalue weighted by Crippen LogP contribution is -2.49. The van der Waals surface area contributed by atoms with Crippen molar-refractivity contribution in [1.82, 2.24) is 19.8 Å². The monoisotopic (exact) mass is 442 g/mol. The zero-order valence-corrected chi connectivity index (χ0v) is 17.9. The topological polar surface area (TPSA) is 89.5 Å². The van der Waals surface area contributed by atoms with Gasteiger partial charge in [0.2, 0.25) is 11.1 Å². The summed E-state index contributed by atoms with van der Waals surface area (Å²) in [7, 11) is 1.58. The number of ether oxygens (including phenoxy) is 1. The number of hydrogen-bond acceptors (Lipinski definition) is 7. The summed E-state index contributed by atoms with van der Waals surface area (Å²) in [4.78, 5) is 16.4. The van der Waals surface area contributed by atoms with Crippen molar-refractivity contribution < 1.29 is 13.9 Å². The number of para-hydroxylation sites is 2. The number of piperazine rings is 1. The van der Waals surface area contributed by atoms with Crippen LogP contribution in [0.1, 0.15) is 0 Å². The number of benzene rings is 2. The van der Waals surface area contributed by atoms with Crippen molar-refractivity contribution in [2.75, 3.05) is 49.8 Å². The minimum Gasteiger partial charge on any atom is -0.496 e. The zero-order chi connectivity index (χ0) is 21.8. The molecule has 1 amide bonds. The van der Waals surface area contributed by atoms with E-state index in [0.717, 1.165) is 5.56 Å². The molecule has 1 aliphatic rings. The smallest absolute Gasteiger partial charge is 0.233 e. The van der Waals surface area contributed by atoms with Gasteiger partial charge in [0.25, 0.3) is 0 Å². The van der Waals surface area contributed by atoms with Crippen LogP contribution in [0.25, 0.3) is 11.4 Å². The van der Waals surface area contributed by atoms with Crippen molar-refractivity contribution in [3.63, 3.8) is 0 Å². The fourth-order valence-corrected chi connectivity index (χ4v) is 4.27. The summed E-state index contributed by atoms with van der Waals surface area (Å²) in [5.41, 5.74) is 1.30. The molecule has 2 N–H and O–H groups in total. The predicted molar refractivity (Wildman–Crippen MR) is 118 cm³/mol. The summed E-state index contributed by atoms with van der Waals surface area (Å²) in [5, 5.41) is 8.72. The highest BCUT2D eigenvalue weighted by atomic mass is 32.2. The summed E-state index contributed by atoms with van der Waals surface area (Å²) in [5.74, 6) is 7.21. The third-order valence-electron chi connectivity index (χ3n) is 5.16. The number of hydrogen-bond donors (Lipinski definition) is 1. The van der Waals surface area contributed by atoms with Crippen LogP contribution >= 0.6 is 11.8 Å². The molecule has 0 radical (unpaired) electrons. The lowest BCUT2D eigenvalue weighted by molar-refractivity contribution is -0.128. The minimum absolute atomic E-state index is 0.0139. The zero-order valence-electron chi connectivity index (χ0n) is 17.1. The van der Waals surface area contributed by atoms with Gasteiger partial charge in [-0.05, 0) is 24.3 Å². The first-order valence-corrected chi connectivity index (χ1v) is 10.8. The van der Waals surface area contributed by atoms with Crippen LogP contribution in [-0.4, -0.2) is 64.7 Å². The van der Waals surface area contributed by atoms with Gasteiger partial charge in [-0.3, -0.25) is 4.79 Å². The molecule has 0 aliphatic carbocycles. The highest BCUT2D eigenvalue weighted by Crippen LogP contribution is 2.29. The van der Waals surface area contributed by atoms with Crippen molar-refractivity contribution in [3.8, 4) is 17.1 Å². The van der Waals surface area contributed by atoms with E-state index in [1.807, 2.05) is 35.2 Å². The van der Waals surface area contributed by atoms with Crippen molar-refractivity contribution in [3.05, 3.63) is 54.3 Å². The second-order valence-corrected chi connectivity index (χ2v) is 7.93. The lowest BCUT2D eigenvalue weighted by Gasteiger charge is -2.36. The van der Waals surface area contributed by atoms with E-state index in [4.69, 9.17) is 10.6 Å². The van der Waals surface area contributed by atoms with E-state index in [0.29, 0.717) is 48.6 Å². The van der Waals surface area contributed by atoms with Crippen molar-refractivity contribution in [1.29, 1.82) is 0 Å². The molecule has 1 aliphatic heterocycles. The molecule has 1 saturated heterocycles. The van der Waals surface area contributed by atoms with Crippen LogP contribution in [-0.2, 0) is 4.79 Å². The molecule has 3 aromatic rings. The number of carbonyl (C=O) groups is 1. The van der Waals surface area contributed by atoms with E-state index in [9.17, 15) is 9.18 Å². The van der Waals surface area contributed by atoms with Crippen LogP contribution in [0, 0.1) is 5.82 Å². The minimum atomic E-state index is -0.244. The number of rotatable bonds is 6. The molecule has 0 unspecified atom stereocenters. The van der Waals surface area contributed by atoms with Gasteiger partial charge in [0.05, 0.1) is 24.1 Å². The van der Waals surface area contributed by atoms with Crippen LogP contribution < -0.4 is 15.5 Å². The Morgan fingerprint density at radius 1 is 1.10 bits per heavy atom. The Morgan fingerprint density at radius 3 is 2.55 bits per heavy atom. The van der Waals surface area contributed by atoms with Gasteiger partial charge in [-0.2, -0.15) is 0 Å². The van der Waals surface area contributed by atoms with Gasteiger partial charge in [0.1, 0.15) is 11.6 Å². The first kappa shape index (κ1) is 21.0. The molecule has 0 saturated carbocycles. The number of nitrogen functional groups attached to an aromatic ring is 1. The van der Waals surface area contributed by atoms with Crippen LogP contribution in [0.15, 0.2) is 53.7 Å². The average Bonchev–Trinajstić information content (AvgIpc) is 3.18. The van der Waals surface area contributed by atoms with Gasteiger partial charge in [0.15, 0.2) is 5.82 Å². The second kappa shape index (κ2) is 9.25. The number of methoxy groups -OCH3 is 1. The fourth-order valence-electron chi connectivity index (χ4n) is 3.51. The predicted octanol–water partition coefficient (Wildman–Crippen LogP) is 2.25. The van der Waals surface area contributed by atoms with Crippen molar-refractivity contribution in [2.45, 2.75) is 5.16 Å². The summed E-state index contributed by atoms with van der Waals surface area (Å²) in [6, 6.07) is 14.1. The molecule has 0 spiro atoms. The van der Waals surface area contributed by atoms with Crippen LogP contribution in [0.2, 0.25) is 0 Å². The molecule has 2 aromatic carbocycles. The Labute approximate surface area is 183 Å². The number of amides is 1. The van der Waals surface area contributed by atoms with E-state index < -0.39 is 0 Å². The molecule has 31 heavy (non-hydrogen) atoms. The fraction of sp³-hybridized carbons (Fsp3) is 0.286. The molecule has 10 heteroatoms. The van der Waals surface area contributed by atoms with Crippen LogP contribution in [0.5, 0.6) is 5.75 Å². The Morgan fingerprint density at radius 2 is 1.81 bits per heavy atom. The van der Waals surface area contributed by atoms with Gasteiger partial charge in [-0.15, -0.1) is 10.2 Å². The molecule has 0 atom stereocenters. The molecule has 0 bridgehead atoms. The number of nitrogens with two attached hydrogens (primary N) is 1. The van der Waals surface area contributed by atoms with E-state index >= 15 is 0 Å². The van der Waals surface area contributed by atoms with E-state index in [1.54, 1.807) is 24.1 Å². The quantitative estimate of drug-likeness (QED) is 0.463. The molecule has 162 valence electrons. The standard InChI is InChI=1S/C21H23FN6O2S/c1-30-18-9-5-2-6-15(18)20-24-25-21(28(20)23)31-14-19(29)27-12-10-26(11-13-27)17-8-4-3-7-16(17)22/h2-9H,10-14,23H2,1H3. The number of carbonyl (C=O) groups excluding carboxylic acids is 1. The van der Waals surface area contributed by atoms with E-state index in [-0.39, 0.29) is 17.5 Å². The lowest BCUT2D eigenvalue weighted by atomic mass is 10.2. The summed E-state index contributed by atoms with van der Waals surface area (Å²) >= 11 is 1.24. The van der Waals surface area contributed by atoms with Gasteiger partial charge < -0.3 is 20.4 Å². The van der Waals surface area contributed by atoms with Crippen LogP contribution in [0.4, 0.5) is 10.1 Å². The molecular weight excluding hydrogens is 419 g/mol. The number of nitrogens with zero attached hydrogens (tertiary/aromatic N) is 5. The first-order valence-electron chi connectivity index (χ1n) is 9.82. The molecular formula is C21H23FN6O2S. The molecule has 8 nitrogen and oxygen atoms in total. The highest BCUT2D eigenvalue weighted by Gasteiger charge is 2.24. The Hall–Kier alpha value is -3.27. The van der Waals surface area contributed by atoms with Gasteiger partial charge >= 0.3 is 0 Å². The molecule has 1 aromatic heterocycles. The van der Waals surface area contributed by atoms with Crippen molar-refractivity contribution in [2.24, 2.45) is 0 Å². The summed E-state index contributed by atoms with van der Waals surface area (Å²) < 4.78 is 20.7. The maximum Gasteiger partial charge on any atom is 0.233 e. The maximum absolute atomic E-state index is 14.0. The number of aromatic nitrogens is 3. The summed E-state index contributed by atoms with van der Waals surface area (Å²) in [6.07, 6.45) is 0. The number of thioether (sulfide) groups is 1. The molecule has 4 rings (SSSR count). The maximum atomic E-state index is 14.0. The van der Waals surface area contributed by atoms with Gasteiger partial charge in [-0.1, -0.05) is 36.0 Å². The Balaban J connectivity index is 1.35. The average molecular weight is 443 g/mol. The highest BCUT2D eigenvalue weighted by molar-refractivity contribution is 7.99. The number of halogens is 1. The molecule has 2 heterocycles. The first-order chi connectivity index (χ1) is 15.1. The summed E-state index contributed by atoms with van der Waals surface area (Å²) in [6.45, 7) is 2.25. The third-order valence-corrected chi connectivity index (χ3v) is 6.09. The van der Waals surface area contributed by atoms with E-state index in [1.165, 1.54) is 22.5 Å². The number of anilines is 1. The van der Waals surface area contributed by atoms with Crippen molar-refractivity contribution >= 4 is 23.4 Å². The SMILES string of the molecule is COc1ccccc1-c1nnc(SCC(=O)N2CCN(c3ccccc3F)CC2)n1N. The molecule has 1 fully saturated rings. The van der Waals surface area contributed by atoms with Gasteiger partial charge in [-0.25, -0.2) is 9.07 Å². The normalized spacial score (nSPS) is 14.0. The Bertz CT molecular complexity index is 1070. The second-order valence-electron chi connectivity index (χ2n) is 6.98. The third kappa shape index (κ3) is 4.43.